The number of carboxylic acid groups (broad SMARTS) is 1. The molecule has 6 nitrogen and oxygen atoms in total. The third-order valence-electron chi connectivity index (χ3n) is 2.53. The van der Waals surface area contributed by atoms with Crippen LogP contribution in [0, 0.1) is 0 Å². The Balaban J connectivity index is 2.87. The van der Waals surface area contributed by atoms with Crippen LogP contribution in [0.1, 0.15) is 20.8 Å². The van der Waals surface area contributed by atoms with Crippen LogP contribution in [0.2, 0.25) is 0 Å². The average Bonchev–Trinajstić information content (AvgIpc) is 2.52. The van der Waals surface area contributed by atoms with Crippen molar-refractivity contribution in [2.45, 2.75) is 44.7 Å². The van der Waals surface area contributed by atoms with E-state index in [0.717, 1.165) is 4.90 Å². The molecular weight excluding hydrogens is 245 g/mol. The minimum absolute atomic E-state index is 0.343. The molecule has 1 amide bonds. The first-order valence-corrected chi connectivity index (χ1v) is 5.56. The van der Waals surface area contributed by atoms with Gasteiger partial charge in [-0.25, -0.2) is 14.0 Å². The molecule has 1 aliphatic heterocycles. The number of aliphatic carboxylic acids is 1. The molecule has 0 saturated carbocycles. The second kappa shape index (κ2) is 5.09. The van der Waals surface area contributed by atoms with Crippen LogP contribution in [-0.4, -0.2) is 59.6 Å². The summed E-state index contributed by atoms with van der Waals surface area (Å²) in [4.78, 5) is 23.8. The van der Waals surface area contributed by atoms with Crippen molar-refractivity contribution in [1.29, 1.82) is 0 Å². The molecule has 0 radical (unpaired) electrons. The van der Waals surface area contributed by atoms with Crippen molar-refractivity contribution in [3.05, 3.63) is 0 Å². The quantitative estimate of drug-likeness (QED) is 0.805. The molecule has 0 aromatic rings. The monoisotopic (exact) mass is 263 g/mol. The lowest BCUT2D eigenvalue weighted by Crippen LogP contribution is -2.47. The summed E-state index contributed by atoms with van der Waals surface area (Å²) in [6.07, 6.45) is -3.56. The van der Waals surface area contributed by atoms with Crippen LogP contribution < -0.4 is 0 Å². The highest BCUT2D eigenvalue weighted by molar-refractivity contribution is 5.82. The molecule has 3 atom stereocenters. The first-order valence-electron chi connectivity index (χ1n) is 5.56. The zero-order valence-electron chi connectivity index (χ0n) is 10.8. The molecule has 1 aliphatic rings. The number of rotatable bonds is 2. The molecule has 1 N–H and O–H groups in total. The van der Waals surface area contributed by atoms with Crippen molar-refractivity contribution in [2.75, 3.05) is 13.7 Å². The minimum atomic E-state index is -1.54. The SMILES string of the molecule is COC1C(F)CN(C(=O)OC(C)(C)C)[C@@H]1C(=O)O. The normalized spacial score (nSPS) is 28.3. The maximum atomic E-state index is 13.6. The molecule has 0 aromatic carbocycles. The second-order valence-electron chi connectivity index (χ2n) is 5.13. The number of carbonyl (C=O) groups excluding carboxylic acids is 1. The maximum Gasteiger partial charge on any atom is 0.411 e. The summed E-state index contributed by atoms with van der Waals surface area (Å²) in [6, 6.07) is -1.36. The number of alkyl halides is 1. The number of hydrogen-bond donors (Lipinski definition) is 1. The Bertz CT molecular complexity index is 341. The smallest absolute Gasteiger partial charge is 0.411 e. The van der Waals surface area contributed by atoms with E-state index in [1.807, 2.05) is 0 Å². The Hall–Kier alpha value is -1.37. The molecule has 1 fully saturated rings. The zero-order valence-corrected chi connectivity index (χ0v) is 10.8. The van der Waals surface area contributed by atoms with Gasteiger partial charge in [-0.3, -0.25) is 4.90 Å². The molecule has 1 heterocycles. The number of methoxy groups -OCH3 is 1. The van der Waals surface area contributed by atoms with Crippen molar-refractivity contribution in [1.82, 2.24) is 4.90 Å². The van der Waals surface area contributed by atoms with E-state index in [9.17, 15) is 14.0 Å². The fourth-order valence-electron chi connectivity index (χ4n) is 1.84. The molecule has 0 bridgehead atoms. The molecule has 1 saturated heterocycles. The largest absolute Gasteiger partial charge is 0.480 e. The van der Waals surface area contributed by atoms with Crippen LogP contribution in [0.4, 0.5) is 9.18 Å². The Kier molecular flexibility index (Phi) is 4.16. The van der Waals surface area contributed by atoms with E-state index in [2.05, 4.69) is 0 Å². The second-order valence-corrected chi connectivity index (χ2v) is 5.13. The topological polar surface area (TPSA) is 76.1 Å². The van der Waals surface area contributed by atoms with E-state index in [4.69, 9.17) is 14.6 Å². The fraction of sp³-hybridized carbons (Fsp3) is 0.818. The van der Waals surface area contributed by atoms with Gasteiger partial charge >= 0.3 is 12.1 Å². The Morgan fingerprint density at radius 2 is 1.94 bits per heavy atom. The van der Waals surface area contributed by atoms with Gasteiger partial charge in [0.2, 0.25) is 0 Å². The molecule has 0 aliphatic carbocycles. The molecule has 7 heteroatoms. The van der Waals surface area contributed by atoms with E-state index >= 15 is 0 Å². The average molecular weight is 263 g/mol. The number of amides is 1. The van der Waals surface area contributed by atoms with Crippen LogP contribution in [0.5, 0.6) is 0 Å². The summed E-state index contributed by atoms with van der Waals surface area (Å²) in [5, 5.41) is 9.05. The van der Waals surface area contributed by atoms with Gasteiger partial charge in [-0.2, -0.15) is 0 Å². The lowest BCUT2D eigenvalue weighted by Gasteiger charge is -2.27. The van der Waals surface area contributed by atoms with Crippen molar-refractivity contribution in [3.8, 4) is 0 Å². The van der Waals surface area contributed by atoms with Crippen LogP contribution in [0.3, 0.4) is 0 Å². The lowest BCUT2D eigenvalue weighted by molar-refractivity contribution is -0.146. The number of halogens is 1. The van der Waals surface area contributed by atoms with Gasteiger partial charge in [0.25, 0.3) is 0 Å². The number of ether oxygens (including phenoxy) is 2. The summed E-state index contributed by atoms with van der Waals surface area (Å²) < 4.78 is 23.5. The van der Waals surface area contributed by atoms with Crippen LogP contribution in [0.25, 0.3) is 0 Å². The number of nitrogens with zero attached hydrogens (tertiary/aromatic N) is 1. The van der Waals surface area contributed by atoms with Gasteiger partial charge in [0, 0.05) is 7.11 Å². The van der Waals surface area contributed by atoms with Crippen molar-refractivity contribution < 1.29 is 28.6 Å². The predicted molar refractivity (Wildman–Crippen MR) is 60.1 cm³/mol. The van der Waals surface area contributed by atoms with Crippen molar-refractivity contribution >= 4 is 12.1 Å². The lowest BCUT2D eigenvalue weighted by atomic mass is 10.1. The third kappa shape index (κ3) is 3.10. The molecular formula is C11H18FNO5. The van der Waals surface area contributed by atoms with Crippen molar-refractivity contribution in [3.63, 3.8) is 0 Å². The summed E-state index contributed by atoms with van der Waals surface area (Å²) in [6.45, 7) is 4.61. The number of hydrogen-bond acceptors (Lipinski definition) is 4. The van der Waals surface area contributed by atoms with E-state index in [1.165, 1.54) is 7.11 Å². The molecule has 0 spiro atoms. The number of likely N-dealkylation sites (tertiary alicyclic amines) is 1. The fourth-order valence-corrected chi connectivity index (χ4v) is 1.84. The van der Waals surface area contributed by atoms with Crippen LogP contribution in [-0.2, 0) is 14.3 Å². The number of carbonyl (C=O) groups is 2. The van der Waals surface area contributed by atoms with Crippen molar-refractivity contribution in [2.24, 2.45) is 0 Å². The van der Waals surface area contributed by atoms with Gasteiger partial charge in [-0.05, 0) is 20.8 Å². The zero-order chi connectivity index (χ0) is 14.1. The minimum Gasteiger partial charge on any atom is -0.480 e. The first-order chi connectivity index (χ1) is 8.17. The van der Waals surface area contributed by atoms with Gasteiger partial charge in [0.05, 0.1) is 6.54 Å². The van der Waals surface area contributed by atoms with E-state index in [1.54, 1.807) is 20.8 Å². The summed E-state index contributed by atoms with van der Waals surface area (Å²) in [5.74, 6) is -1.31. The van der Waals surface area contributed by atoms with Gasteiger partial charge in [0.1, 0.15) is 17.9 Å². The predicted octanol–water partition coefficient (Wildman–Crippen LogP) is 1.04. The standard InChI is InChI=1S/C11H18FNO5/c1-11(2,3)18-10(16)13-5-6(12)8(17-4)7(13)9(14)15/h6-8H,5H2,1-4H3,(H,14,15)/t6?,7-,8?/m0/s1. The summed E-state index contributed by atoms with van der Waals surface area (Å²) in [7, 11) is 1.21. The third-order valence-corrected chi connectivity index (χ3v) is 2.53. The van der Waals surface area contributed by atoms with E-state index in [0.29, 0.717) is 0 Å². The Labute approximate surface area is 105 Å². The Morgan fingerprint density at radius 3 is 2.33 bits per heavy atom. The highest BCUT2D eigenvalue weighted by atomic mass is 19.1. The van der Waals surface area contributed by atoms with Gasteiger partial charge in [-0.1, -0.05) is 0 Å². The van der Waals surface area contributed by atoms with E-state index in [-0.39, 0.29) is 6.54 Å². The summed E-state index contributed by atoms with van der Waals surface area (Å²) >= 11 is 0. The highest BCUT2D eigenvalue weighted by Crippen LogP contribution is 2.25. The van der Waals surface area contributed by atoms with Crippen LogP contribution in [0.15, 0.2) is 0 Å². The molecule has 2 unspecified atom stereocenters. The molecule has 1 rings (SSSR count). The van der Waals surface area contributed by atoms with Gasteiger partial charge < -0.3 is 14.6 Å². The Morgan fingerprint density at radius 1 is 1.39 bits per heavy atom. The maximum absolute atomic E-state index is 13.6. The van der Waals surface area contributed by atoms with E-state index < -0.39 is 36.0 Å². The molecule has 104 valence electrons. The van der Waals surface area contributed by atoms with Gasteiger partial charge in [-0.15, -0.1) is 0 Å². The highest BCUT2D eigenvalue weighted by Gasteiger charge is 2.50. The molecule has 0 aromatic heterocycles. The summed E-state index contributed by atoms with van der Waals surface area (Å²) in [5.41, 5.74) is -0.767. The van der Waals surface area contributed by atoms with Crippen LogP contribution >= 0.6 is 0 Å². The van der Waals surface area contributed by atoms with Gasteiger partial charge in [0.15, 0.2) is 6.04 Å². The first kappa shape index (κ1) is 14.7. The molecule has 18 heavy (non-hydrogen) atoms. The number of carboxylic acids is 1.